The van der Waals surface area contributed by atoms with Gasteiger partial charge in [0.15, 0.2) is 0 Å². The molecular formula is C16H25NO2. The topological polar surface area (TPSA) is 32.7 Å². The second kappa shape index (κ2) is 7.04. The van der Waals surface area contributed by atoms with E-state index in [0.717, 1.165) is 19.6 Å². The fourth-order valence-electron chi connectivity index (χ4n) is 2.97. The maximum atomic E-state index is 8.70. The zero-order valence-electron chi connectivity index (χ0n) is 11.8. The van der Waals surface area contributed by atoms with Crippen molar-refractivity contribution in [1.29, 1.82) is 0 Å². The third kappa shape index (κ3) is 4.03. The molecule has 1 N–H and O–H groups in total. The van der Waals surface area contributed by atoms with Crippen LogP contribution in [0.15, 0.2) is 30.3 Å². The quantitative estimate of drug-likeness (QED) is 0.797. The highest BCUT2D eigenvalue weighted by Gasteiger charge is 2.32. The van der Waals surface area contributed by atoms with Gasteiger partial charge >= 0.3 is 0 Å². The Kier molecular flexibility index (Phi) is 5.37. The summed E-state index contributed by atoms with van der Waals surface area (Å²) in [6, 6.07) is 10.8. The number of rotatable bonds is 6. The highest BCUT2D eigenvalue weighted by molar-refractivity contribution is 5.25. The van der Waals surface area contributed by atoms with Gasteiger partial charge < -0.3 is 14.7 Å². The molecule has 0 saturated carbocycles. The summed E-state index contributed by atoms with van der Waals surface area (Å²) in [7, 11) is 0. The Labute approximate surface area is 116 Å². The first-order chi connectivity index (χ1) is 9.24. The van der Waals surface area contributed by atoms with Crippen LogP contribution in [0.25, 0.3) is 0 Å². The molecule has 0 spiro atoms. The van der Waals surface area contributed by atoms with Gasteiger partial charge in [-0.3, -0.25) is 0 Å². The Balaban J connectivity index is 1.89. The van der Waals surface area contributed by atoms with Crippen LogP contribution in [0.4, 0.5) is 0 Å². The molecule has 1 aliphatic rings. The molecular weight excluding hydrogens is 238 g/mol. The van der Waals surface area contributed by atoms with Crippen LogP contribution >= 0.6 is 0 Å². The van der Waals surface area contributed by atoms with Gasteiger partial charge in [-0.15, -0.1) is 0 Å². The van der Waals surface area contributed by atoms with Gasteiger partial charge in [0.1, 0.15) is 0 Å². The number of aliphatic hydroxyl groups excluding tert-OH is 1. The van der Waals surface area contributed by atoms with E-state index < -0.39 is 0 Å². The van der Waals surface area contributed by atoms with Crippen molar-refractivity contribution in [2.24, 2.45) is 0 Å². The summed E-state index contributed by atoms with van der Waals surface area (Å²) in [5.74, 6) is 0. The molecule has 0 radical (unpaired) electrons. The monoisotopic (exact) mass is 263 g/mol. The van der Waals surface area contributed by atoms with E-state index in [1.165, 1.54) is 18.4 Å². The lowest BCUT2D eigenvalue weighted by Gasteiger charge is -2.41. The molecule has 3 heteroatoms. The maximum absolute atomic E-state index is 8.70. The number of benzene rings is 1. The van der Waals surface area contributed by atoms with Crippen LogP contribution in [0.5, 0.6) is 0 Å². The van der Waals surface area contributed by atoms with E-state index >= 15 is 0 Å². The summed E-state index contributed by atoms with van der Waals surface area (Å²) in [4.78, 5) is 2.48. The van der Waals surface area contributed by atoms with E-state index in [1.54, 1.807) is 0 Å². The highest BCUT2D eigenvalue weighted by atomic mass is 16.5. The number of hydrogen-bond acceptors (Lipinski definition) is 3. The Bertz CT molecular complexity index is 368. The molecule has 0 aromatic heterocycles. The molecule has 1 saturated heterocycles. The van der Waals surface area contributed by atoms with Gasteiger partial charge in [0.25, 0.3) is 0 Å². The van der Waals surface area contributed by atoms with E-state index in [9.17, 15) is 0 Å². The highest BCUT2D eigenvalue weighted by Crippen LogP contribution is 2.33. The molecule has 19 heavy (non-hydrogen) atoms. The number of ether oxygens (including phenoxy) is 1. The normalized spacial score (nSPS) is 24.5. The van der Waals surface area contributed by atoms with Gasteiger partial charge in [0.2, 0.25) is 0 Å². The van der Waals surface area contributed by atoms with Crippen molar-refractivity contribution in [3.8, 4) is 0 Å². The van der Waals surface area contributed by atoms with Crippen molar-refractivity contribution >= 4 is 0 Å². The first kappa shape index (κ1) is 14.5. The summed E-state index contributed by atoms with van der Waals surface area (Å²) in [6.07, 6.45) is 2.50. The average Bonchev–Trinajstić information content (AvgIpc) is 2.45. The molecule has 1 fully saturated rings. The second-order valence-corrected chi connectivity index (χ2v) is 5.64. The molecule has 1 heterocycles. The number of piperidine rings is 1. The van der Waals surface area contributed by atoms with Crippen LogP contribution in [0.1, 0.15) is 25.3 Å². The van der Waals surface area contributed by atoms with Crippen LogP contribution < -0.4 is 0 Å². The largest absolute Gasteiger partial charge is 0.394 e. The molecule has 0 unspecified atom stereocenters. The maximum Gasteiger partial charge on any atom is 0.0698 e. The van der Waals surface area contributed by atoms with E-state index in [0.29, 0.717) is 13.2 Å². The van der Waals surface area contributed by atoms with Crippen LogP contribution in [0, 0.1) is 0 Å². The zero-order chi connectivity index (χ0) is 13.6. The minimum atomic E-state index is 0.113. The Morgan fingerprint density at radius 3 is 2.79 bits per heavy atom. The minimum absolute atomic E-state index is 0.113. The summed E-state index contributed by atoms with van der Waals surface area (Å²) in [6.45, 7) is 6.85. The first-order valence-corrected chi connectivity index (χ1v) is 7.21. The average molecular weight is 263 g/mol. The predicted molar refractivity (Wildman–Crippen MR) is 77.4 cm³/mol. The van der Waals surface area contributed by atoms with E-state index in [4.69, 9.17) is 9.84 Å². The Morgan fingerprint density at radius 1 is 1.26 bits per heavy atom. The van der Waals surface area contributed by atoms with Gasteiger partial charge in [-0.25, -0.2) is 0 Å². The molecule has 2 rings (SSSR count). The summed E-state index contributed by atoms with van der Waals surface area (Å²) in [5, 5.41) is 8.70. The van der Waals surface area contributed by atoms with E-state index in [2.05, 4.69) is 42.2 Å². The van der Waals surface area contributed by atoms with Crippen molar-refractivity contribution in [2.75, 3.05) is 39.5 Å². The lowest BCUT2D eigenvalue weighted by molar-refractivity contribution is 0.0595. The third-order valence-corrected chi connectivity index (χ3v) is 4.03. The standard InChI is InChI=1S/C16H25NO2/c1-16(15-6-3-2-4-7-15)8-5-9-17(14-16)10-12-19-13-11-18/h2-4,6-7,18H,5,8-14H2,1H3/t16-/m1/s1. The van der Waals surface area contributed by atoms with Crippen molar-refractivity contribution in [3.05, 3.63) is 35.9 Å². The van der Waals surface area contributed by atoms with Gasteiger partial charge in [-0.05, 0) is 24.9 Å². The first-order valence-electron chi connectivity index (χ1n) is 7.21. The summed E-state index contributed by atoms with van der Waals surface area (Å²) >= 11 is 0. The number of hydrogen-bond donors (Lipinski definition) is 1. The molecule has 3 nitrogen and oxygen atoms in total. The predicted octanol–water partition coefficient (Wildman–Crippen LogP) is 2.05. The molecule has 1 aromatic carbocycles. The van der Waals surface area contributed by atoms with Gasteiger partial charge in [-0.2, -0.15) is 0 Å². The number of aliphatic hydroxyl groups is 1. The lowest BCUT2D eigenvalue weighted by Crippen LogP contribution is -2.45. The molecule has 1 aromatic rings. The minimum Gasteiger partial charge on any atom is -0.394 e. The van der Waals surface area contributed by atoms with Gasteiger partial charge in [0, 0.05) is 18.5 Å². The van der Waals surface area contributed by atoms with Crippen LogP contribution in [-0.2, 0) is 10.2 Å². The van der Waals surface area contributed by atoms with Crippen molar-refractivity contribution in [3.63, 3.8) is 0 Å². The molecule has 0 amide bonds. The Morgan fingerprint density at radius 2 is 2.05 bits per heavy atom. The molecule has 1 atom stereocenters. The second-order valence-electron chi connectivity index (χ2n) is 5.64. The number of likely N-dealkylation sites (tertiary alicyclic amines) is 1. The zero-order valence-corrected chi connectivity index (χ0v) is 11.8. The molecule has 1 aliphatic heterocycles. The molecule has 106 valence electrons. The lowest BCUT2D eigenvalue weighted by atomic mass is 9.76. The fourth-order valence-corrected chi connectivity index (χ4v) is 2.97. The summed E-state index contributed by atoms with van der Waals surface area (Å²) in [5.41, 5.74) is 1.70. The van der Waals surface area contributed by atoms with E-state index in [1.807, 2.05) is 0 Å². The van der Waals surface area contributed by atoms with Crippen molar-refractivity contribution < 1.29 is 9.84 Å². The Hall–Kier alpha value is -0.900. The smallest absolute Gasteiger partial charge is 0.0698 e. The van der Waals surface area contributed by atoms with Crippen LogP contribution in [-0.4, -0.2) is 49.5 Å². The van der Waals surface area contributed by atoms with Crippen molar-refractivity contribution in [1.82, 2.24) is 4.90 Å². The molecule has 0 aliphatic carbocycles. The van der Waals surface area contributed by atoms with Crippen molar-refractivity contribution in [2.45, 2.75) is 25.2 Å². The SMILES string of the molecule is C[C@@]1(c2ccccc2)CCCN(CCOCCO)C1. The van der Waals surface area contributed by atoms with Gasteiger partial charge in [0.05, 0.1) is 19.8 Å². The molecule has 0 bridgehead atoms. The number of nitrogens with zero attached hydrogens (tertiary/aromatic N) is 1. The van der Waals surface area contributed by atoms with Gasteiger partial charge in [-0.1, -0.05) is 37.3 Å². The van der Waals surface area contributed by atoms with E-state index in [-0.39, 0.29) is 12.0 Å². The van der Waals surface area contributed by atoms with Crippen LogP contribution in [0.2, 0.25) is 0 Å². The summed E-state index contributed by atoms with van der Waals surface area (Å²) < 4.78 is 5.37. The van der Waals surface area contributed by atoms with Crippen LogP contribution in [0.3, 0.4) is 0 Å². The fraction of sp³-hybridized carbons (Fsp3) is 0.625. The third-order valence-electron chi connectivity index (χ3n) is 4.03.